The molecule has 2 aliphatic heterocycles. The molecule has 0 radical (unpaired) electrons. The first-order chi connectivity index (χ1) is 9.99. The fourth-order valence-electron chi connectivity index (χ4n) is 3.25. The summed E-state index contributed by atoms with van der Waals surface area (Å²) in [5.74, 6) is 1.06. The Morgan fingerprint density at radius 3 is 2.57 bits per heavy atom. The molecule has 1 N–H and O–H groups in total. The minimum absolute atomic E-state index is 0.595. The fourth-order valence-corrected chi connectivity index (χ4v) is 3.25. The van der Waals surface area contributed by atoms with Crippen molar-refractivity contribution in [3.8, 4) is 5.75 Å². The summed E-state index contributed by atoms with van der Waals surface area (Å²) in [5.41, 5.74) is 2.14. The van der Waals surface area contributed by atoms with E-state index in [1.165, 1.54) is 11.1 Å². The predicted octanol–water partition coefficient (Wildman–Crippen LogP) is 1.51. The lowest BCUT2D eigenvalue weighted by molar-refractivity contribution is 0.0167. The van der Waals surface area contributed by atoms with E-state index in [-0.39, 0.29) is 0 Å². The van der Waals surface area contributed by atoms with Crippen molar-refractivity contribution in [3.05, 3.63) is 29.3 Å². The van der Waals surface area contributed by atoms with Crippen molar-refractivity contribution in [1.82, 2.24) is 9.80 Å². The van der Waals surface area contributed by atoms with Gasteiger partial charge in [-0.2, -0.15) is 0 Å². The summed E-state index contributed by atoms with van der Waals surface area (Å²) < 4.78 is 5.56. The first kappa shape index (κ1) is 14.8. The van der Waals surface area contributed by atoms with Gasteiger partial charge in [-0.05, 0) is 31.0 Å². The Morgan fingerprint density at radius 1 is 1.14 bits per heavy atom. The molecule has 116 valence electrons. The molecule has 0 saturated carbocycles. The van der Waals surface area contributed by atoms with Crippen LogP contribution in [-0.2, 0) is 13.0 Å². The summed E-state index contributed by atoms with van der Waals surface area (Å²) in [6, 6.07) is 6.60. The number of benzene rings is 1. The fraction of sp³-hybridized carbons (Fsp3) is 0.647. The summed E-state index contributed by atoms with van der Waals surface area (Å²) >= 11 is 0. The van der Waals surface area contributed by atoms with Crippen molar-refractivity contribution in [1.29, 1.82) is 0 Å². The Hall–Kier alpha value is -1.10. The van der Waals surface area contributed by atoms with E-state index in [2.05, 4.69) is 28.0 Å². The summed E-state index contributed by atoms with van der Waals surface area (Å²) in [7, 11) is 0. The Balaban J connectivity index is 1.51. The maximum Gasteiger partial charge on any atom is 0.122 e. The number of ether oxygens (including phenoxy) is 1. The van der Waals surface area contributed by atoms with Crippen molar-refractivity contribution in [2.24, 2.45) is 0 Å². The van der Waals surface area contributed by atoms with Crippen LogP contribution in [0.25, 0.3) is 0 Å². The van der Waals surface area contributed by atoms with E-state index in [0.717, 1.165) is 58.0 Å². The second-order valence-electron chi connectivity index (χ2n) is 6.91. The molecule has 0 unspecified atom stereocenters. The highest BCUT2D eigenvalue weighted by Crippen LogP contribution is 2.26. The molecule has 4 heteroatoms. The molecule has 3 rings (SSSR count). The summed E-state index contributed by atoms with van der Waals surface area (Å²) in [6.07, 6.45) is 1.04. The molecular formula is C17H26N2O2. The topological polar surface area (TPSA) is 35.9 Å². The predicted molar refractivity (Wildman–Crippen MR) is 83.7 cm³/mol. The van der Waals surface area contributed by atoms with E-state index in [4.69, 9.17) is 4.74 Å². The number of piperazine rings is 1. The number of fused-ring (bicyclic) bond motifs is 1. The molecule has 4 nitrogen and oxygen atoms in total. The quantitative estimate of drug-likeness (QED) is 0.912. The Morgan fingerprint density at radius 2 is 1.86 bits per heavy atom. The number of β-amino-alcohol motifs (C(OH)–C–C–N with tert-alkyl or cyclic N) is 1. The van der Waals surface area contributed by atoms with Gasteiger partial charge in [0.15, 0.2) is 0 Å². The van der Waals surface area contributed by atoms with Crippen molar-refractivity contribution in [3.63, 3.8) is 0 Å². The third kappa shape index (κ3) is 3.96. The Labute approximate surface area is 127 Å². The second kappa shape index (κ2) is 5.95. The van der Waals surface area contributed by atoms with E-state index >= 15 is 0 Å². The summed E-state index contributed by atoms with van der Waals surface area (Å²) in [6.45, 7) is 10.6. The van der Waals surface area contributed by atoms with E-state index < -0.39 is 5.60 Å². The zero-order valence-corrected chi connectivity index (χ0v) is 13.1. The Bertz CT molecular complexity index is 488. The normalized spacial score (nSPS) is 20.3. The molecular weight excluding hydrogens is 264 g/mol. The molecule has 21 heavy (non-hydrogen) atoms. The van der Waals surface area contributed by atoms with Crippen LogP contribution < -0.4 is 4.74 Å². The maximum atomic E-state index is 9.89. The highest BCUT2D eigenvalue weighted by Gasteiger charge is 2.23. The second-order valence-corrected chi connectivity index (χ2v) is 6.91. The average molecular weight is 290 g/mol. The molecule has 0 amide bonds. The maximum absolute atomic E-state index is 9.89. The van der Waals surface area contributed by atoms with Gasteiger partial charge in [0.25, 0.3) is 0 Å². The van der Waals surface area contributed by atoms with Gasteiger partial charge in [-0.15, -0.1) is 0 Å². The number of aliphatic hydroxyl groups is 1. The molecule has 0 bridgehead atoms. The number of hydrogen-bond donors (Lipinski definition) is 1. The molecule has 1 fully saturated rings. The van der Waals surface area contributed by atoms with E-state index in [1.807, 2.05) is 13.8 Å². The molecule has 1 aromatic rings. The van der Waals surface area contributed by atoms with Gasteiger partial charge in [0.2, 0.25) is 0 Å². The third-order valence-corrected chi connectivity index (χ3v) is 4.24. The molecule has 0 aromatic heterocycles. The molecule has 2 heterocycles. The van der Waals surface area contributed by atoms with E-state index in [0.29, 0.717) is 0 Å². The van der Waals surface area contributed by atoms with Gasteiger partial charge in [0.05, 0.1) is 12.2 Å². The molecule has 0 atom stereocenters. The zero-order chi connectivity index (χ0) is 14.9. The lowest BCUT2D eigenvalue weighted by Crippen LogP contribution is -2.50. The summed E-state index contributed by atoms with van der Waals surface area (Å²) in [5, 5.41) is 9.89. The average Bonchev–Trinajstić information content (AvgIpc) is 2.87. The van der Waals surface area contributed by atoms with Crippen LogP contribution in [0.15, 0.2) is 18.2 Å². The van der Waals surface area contributed by atoms with Crippen LogP contribution in [0.2, 0.25) is 0 Å². The molecule has 0 aliphatic carbocycles. The van der Waals surface area contributed by atoms with Crippen LogP contribution >= 0.6 is 0 Å². The van der Waals surface area contributed by atoms with Gasteiger partial charge in [-0.1, -0.05) is 12.1 Å². The standard InChI is InChI=1S/C17H26N2O2/c1-17(2,20)13-19-8-6-18(7-9-19)12-14-3-4-16-15(11-14)5-10-21-16/h3-4,11,20H,5-10,12-13H2,1-2H3. The van der Waals surface area contributed by atoms with E-state index in [9.17, 15) is 5.11 Å². The molecule has 0 spiro atoms. The van der Waals surface area contributed by atoms with Crippen LogP contribution in [0.1, 0.15) is 25.0 Å². The smallest absolute Gasteiger partial charge is 0.122 e. The van der Waals surface area contributed by atoms with Crippen molar-refractivity contribution in [2.45, 2.75) is 32.4 Å². The first-order valence-electron chi connectivity index (χ1n) is 7.91. The van der Waals surface area contributed by atoms with Crippen molar-refractivity contribution in [2.75, 3.05) is 39.3 Å². The van der Waals surface area contributed by atoms with Crippen LogP contribution in [0.4, 0.5) is 0 Å². The van der Waals surface area contributed by atoms with Gasteiger partial charge in [0, 0.05) is 45.7 Å². The number of hydrogen-bond acceptors (Lipinski definition) is 4. The zero-order valence-electron chi connectivity index (χ0n) is 13.1. The lowest BCUT2D eigenvalue weighted by atomic mass is 10.1. The number of rotatable bonds is 4. The van der Waals surface area contributed by atoms with Crippen molar-refractivity contribution >= 4 is 0 Å². The van der Waals surface area contributed by atoms with Gasteiger partial charge >= 0.3 is 0 Å². The van der Waals surface area contributed by atoms with Crippen LogP contribution in [0.5, 0.6) is 5.75 Å². The third-order valence-electron chi connectivity index (χ3n) is 4.24. The molecule has 1 aromatic carbocycles. The largest absolute Gasteiger partial charge is 0.493 e. The molecule has 1 saturated heterocycles. The lowest BCUT2D eigenvalue weighted by Gasteiger charge is -2.37. The van der Waals surface area contributed by atoms with Gasteiger partial charge in [0.1, 0.15) is 5.75 Å². The van der Waals surface area contributed by atoms with Crippen LogP contribution in [0, 0.1) is 0 Å². The minimum Gasteiger partial charge on any atom is -0.493 e. The SMILES string of the molecule is CC(C)(O)CN1CCN(Cc2ccc3c(c2)CCO3)CC1. The van der Waals surface area contributed by atoms with Gasteiger partial charge in [-0.3, -0.25) is 9.80 Å². The molecule has 2 aliphatic rings. The van der Waals surface area contributed by atoms with Gasteiger partial charge in [-0.25, -0.2) is 0 Å². The van der Waals surface area contributed by atoms with Crippen molar-refractivity contribution < 1.29 is 9.84 Å². The van der Waals surface area contributed by atoms with E-state index in [1.54, 1.807) is 0 Å². The van der Waals surface area contributed by atoms with Crippen LogP contribution in [-0.4, -0.2) is 59.8 Å². The minimum atomic E-state index is -0.595. The highest BCUT2D eigenvalue weighted by atomic mass is 16.5. The highest BCUT2D eigenvalue weighted by molar-refractivity contribution is 5.39. The Kier molecular flexibility index (Phi) is 4.20. The number of nitrogens with zero attached hydrogens (tertiary/aromatic N) is 2. The summed E-state index contributed by atoms with van der Waals surface area (Å²) in [4.78, 5) is 4.85. The van der Waals surface area contributed by atoms with Gasteiger partial charge < -0.3 is 9.84 Å². The van der Waals surface area contributed by atoms with Crippen LogP contribution in [0.3, 0.4) is 0 Å². The first-order valence-corrected chi connectivity index (χ1v) is 7.91. The monoisotopic (exact) mass is 290 g/mol.